The fraction of sp³-hybridized carbons (Fsp3) is 0.647. The van der Waals surface area contributed by atoms with Gasteiger partial charge >= 0.3 is 0 Å². The minimum Gasteiger partial charge on any atom is -0.376 e. The van der Waals surface area contributed by atoms with Crippen LogP contribution in [0.2, 0.25) is 0 Å². The molecular formula is C17H23N3OS. The van der Waals surface area contributed by atoms with Crippen LogP contribution in [0.1, 0.15) is 43.8 Å². The SMILES string of the molecule is c1cnc2c(c1)nc(C1CCSCC1)n2CC1CCCCO1. The Bertz CT molecular complexity index is 630. The number of hydrogen-bond acceptors (Lipinski definition) is 4. The van der Waals surface area contributed by atoms with Crippen LogP contribution in [0.3, 0.4) is 0 Å². The molecule has 2 aliphatic heterocycles. The van der Waals surface area contributed by atoms with Gasteiger partial charge in [-0.1, -0.05) is 0 Å². The molecule has 0 aliphatic carbocycles. The number of imidazole rings is 1. The van der Waals surface area contributed by atoms with E-state index in [1.165, 1.54) is 43.0 Å². The fourth-order valence-corrected chi connectivity index (χ4v) is 4.68. The lowest BCUT2D eigenvalue weighted by Crippen LogP contribution is -2.26. The minimum atomic E-state index is 0.324. The van der Waals surface area contributed by atoms with Gasteiger partial charge in [-0.15, -0.1) is 0 Å². The van der Waals surface area contributed by atoms with Crippen LogP contribution >= 0.6 is 11.8 Å². The Hall–Kier alpha value is -1.07. The fourth-order valence-electron chi connectivity index (χ4n) is 3.58. The highest BCUT2D eigenvalue weighted by atomic mass is 32.2. The molecule has 2 fully saturated rings. The molecule has 5 heteroatoms. The zero-order valence-corrected chi connectivity index (χ0v) is 13.7. The van der Waals surface area contributed by atoms with Crippen LogP contribution in [0.4, 0.5) is 0 Å². The molecule has 1 atom stereocenters. The van der Waals surface area contributed by atoms with Crippen LogP contribution < -0.4 is 0 Å². The van der Waals surface area contributed by atoms with Crippen LogP contribution in [0.25, 0.3) is 11.2 Å². The van der Waals surface area contributed by atoms with Crippen molar-refractivity contribution < 1.29 is 4.74 Å². The van der Waals surface area contributed by atoms with Gasteiger partial charge < -0.3 is 9.30 Å². The molecule has 0 bridgehead atoms. The van der Waals surface area contributed by atoms with Crippen molar-refractivity contribution in [3.63, 3.8) is 0 Å². The van der Waals surface area contributed by atoms with Crippen molar-refractivity contribution in [2.45, 2.75) is 50.7 Å². The van der Waals surface area contributed by atoms with Crippen LogP contribution in [0, 0.1) is 0 Å². The summed E-state index contributed by atoms with van der Waals surface area (Å²) in [6, 6.07) is 4.07. The molecule has 0 N–H and O–H groups in total. The topological polar surface area (TPSA) is 39.9 Å². The Kier molecular flexibility index (Phi) is 4.35. The summed E-state index contributed by atoms with van der Waals surface area (Å²) >= 11 is 2.06. The first-order chi connectivity index (χ1) is 10.9. The predicted octanol–water partition coefficient (Wildman–Crippen LogP) is 3.61. The lowest BCUT2D eigenvalue weighted by atomic mass is 10.0. The third-order valence-electron chi connectivity index (χ3n) is 4.78. The average molecular weight is 317 g/mol. The smallest absolute Gasteiger partial charge is 0.160 e. The third kappa shape index (κ3) is 2.88. The minimum absolute atomic E-state index is 0.324. The maximum atomic E-state index is 5.96. The molecule has 4 rings (SSSR count). The van der Waals surface area contributed by atoms with Crippen LogP contribution in [-0.4, -0.2) is 38.8 Å². The van der Waals surface area contributed by atoms with E-state index in [9.17, 15) is 0 Å². The van der Waals surface area contributed by atoms with Crippen molar-refractivity contribution in [3.05, 3.63) is 24.2 Å². The molecule has 0 saturated carbocycles. The number of pyridine rings is 1. The van der Waals surface area contributed by atoms with Gasteiger partial charge in [0.05, 0.1) is 12.6 Å². The van der Waals surface area contributed by atoms with E-state index in [0.717, 1.165) is 30.7 Å². The van der Waals surface area contributed by atoms with Crippen molar-refractivity contribution >= 4 is 22.9 Å². The number of nitrogens with zero attached hydrogens (tertiary/aromatic N) is 3. The van der Waals surface area contributed by atoms with E-state index in [1.54, 1.807) is 0 Å². The first-order valence-electron chi connectivity index (χ1n) is 8.42. The summed E-state index contributed by atoms with van der Waals surface area (Å²) in [7, 11) is 0. The molecule has 118 valence electrons. The highest BCUT2D eigenvalue weighted by Gasteiger charge is 2.25. The first kappa shape index (κ1) is 14.5. The lowest BCUT2D eigenvalue weighted by Gasteiger charge is -2.26. The predicted molar refractivity (Wildman–Crippen MR) is 90.4 cm³/mol. The van der Waals surface area contributed by atoms with E-state index < -0.39 is 0 Å². The van der Waals surface area contributed by atoms with Gasteiger partial charge in [0.15, 0.2) is 5.65 Å². The number of ether oxygens (including phenoxy) is 1. The molecular weight excluding hydrogens is 294 g/mol. The van der Waals surface area contributed by atoms with Crippen molar-refractivity contribution in [1.29, 1.82) is 0 Å². The van der Waals surface area contributed by atoms with Gasteiger partial charge in [0, 0.05) is 18.7 Å². The summed E-state index contributed by atoms with van der Waals surface area (Å²) in [5.41, 5.74) is 2.07. The number of rotatable bonds is 3. The van der Waals surface area contributed by atoms with Gasteiger partial charge in [-0.05, 0) is 55.7 Å². The Morgan fingerprint density at radius 3 is 2.95 bits per heavy atom. The summed E-state index contributed by atoms with van der Waals surface area (Å²) < 4.78 is 8.32. The molecule has 0 radical (unpaired) electrons. The standard InChI is InChI=1S/C17H23N3OS/c1-2-9-21-14(4-1)12-20-16(13-6-10-22-11-7-13)19-15-5-3-8-18-17(15)20/h3,5,8,13-14H,1-2,4,6-7,9-12H2. The highest BCUT2D eigenvalue weighted by Crippen LogP contribution is 2.33. The Labute approximate surface area is 135 Å². The Balaban J connectivity index is 1.69. The van der Waals surface area contributed by atoms with E-state index in [0.29, 0.717) is 12.0 Å². The first-order valence-corrected chi connectivity index (χ1v) is 9.58. The van der Waals surface area contributed by atoms with Crippen molar-refractivity contribution in [2.24, 2.45) is 0 Å². The third-order valence-corrected chi connectivity index (χ3v) is 5.83. The van der Waals surface area contributed by atoms with E-state index in [1.807, 2.05) is 12.3 Å². The molecule has 0 aromatic carbocycles. The Morgan fingerprint density at radius 2 is 2.14 bits per heavy atom. The summed E-state index contributed by atoms with van der Waals surface area (Å²) in [5.74, 6) is 4.32. The largest absolute Gasteiger partial charge is 0.376 e. The highest BCUT2D eigenvalue weighted by molar-refractivity contribution is 7.99. The van der Waals surface area contributed by atoms with E-state index >= 15 is 0 Å². The zero-order valence-electron chi connectivity index (χ0n) is 12.9. The summed E-state index contributed by atoms with van der Waals surface area (Å²) in [5, 5.41) is 0. The van der Waals surface area contributed by atoms with Gasteiger partial charge in [0.1, 0.15) is 11.3 Å². The van der Waals surface area contributed by atoms with E-state index in [-0.39, 0.29) is 0 Å². The number of thioether (sulfide) groups is 1. The second-order valence-electron chi connectivity index (χ2n) is 6.30. The number of fused-ring (bicyclic) bond motifs is 1. The van der Waals surface area contributed by atoms with Crippen molar-refractivity contribution in [2.75, 3.05) is 18.1 Å². The van der Waals surface area contributed by atoms with Gasteiger partial charge in [0.25, 0.3) is 0 Å². The average Bonchev–Trinajstić information content (AvgIpc) is 2.95. The van der Waals surface area contributed by atoms with E-state index in [2.05, 4.69) is 27.4 Å². The molecule has 1 unspecified atom stereocenters. The van der Waals surface area contributed by atoms with Gasteiger partial charge in [-0.25, -0.2) is 9.97 Å². The second-order valence-corrected chi connectivity index (χ2v) is 7.53. The van der Waals surface area contributed by atoms with Crippen LogP contribution in [0.15, 0.2) is 18.3 Å². The van der Waals surface area contributed by atoms with Gasteiger partial charge in [-0.2, -0.15) is 11.8 Å². The summed E-state index contributed by atoms with van der Waals surface area (Å²) in [6.07, 6.45) is 8.31. The summed E-state index contributed by atoms with van der Waals surface area (Å²) in [4.78, 5) is 9.54. The van der Waals surface area contributed by atoms with Crippen LogP contribution in [-0.2, 0) is 11.3 Å². The van der Waals surface area contributed by atoms with E-state index in [4.69, 9.17) is 9.72 Å². The molecule has 0 amide bonds. The number of hydrogen-bond donors (Lipinski definition) is 0. The molecule has 22 heavy (non-hydrogen) atoms. The zero-order chi connectivity index (χ0) is 14.8. The lowest BCUT2D eigenvalue weighted by molar-refractivity contribution is 0.00593. The molecule has 2 aliphatic rings. The molecule has 4 heterocycles. The van der Waals surface area contributed by atoms with Crippen molar-refractivity contribution in [3.8, 4) is 0 Å². The summed E-state index contributed by atoms with van der Waals surface area (Å²) in [6.45, 7) is 1.81. The van der Waals surface area contributed by atoms with Gasteiger partial charge in [-0.3, -0.25) is 0 Å². The number of aromatic nitrogens is 3. The normalized spacial score (nSPS) is 23.9. The molecule has 0 spiro atoms. The molecule has 4 nitrogen and oxygen atoms in total. The maximum absolute atomic E-state index is 5.96. The molecule has 2 saturated heterocycles. The monoisotopic (exact) mass is 317 g/mol. The molecule has 2 aromatic heterocycles. The Morgan fingerprint density at radius 1 is 1.23 bits per heavy atom. The van der Waals surface area contributed by atoms with Crippen molar-refractivity contribution in [1.82, 2.24) is 14.5 Å². The quantitative estimate of drug-likeness (QED) is 0.867. The van der Waals surface area contributed by atoms with Gasteiger partial charge in [0.2, 0.25) is 0 Å². The van der Waals surface area contributed by atoms with Crippen LogP contribution in [0.5, 0.6) is 0 Å². The molecule has 2 aromatic rings. The second kappa shape index (κ2) is 6.59. The maximum Gasteiger partial charge on any atom is 0.160 e.